The fourth-order valence-electron chi connectivity index (χ4n) is 7.44. The molecule has 0 fully saturated rings. The Bertz CT molecular complexity index is 2060. The molecule has 0 saturated carbocycles. The molecule has 0 bridgehead atoms. The Balaban J connectivity index is 1.56. The summed E-state index contributed by atoms with van der Waals surface area (Å²) in [5.41, 5.74) is 2.23. The predicted octanol–water partition coefficient (Wildman–Crippen LogP) is 12.4. The number of hydrogen-bond acceptors (Lipinski definition) is 5. The van der Waals surface area contributed by atoms with Crippen LogP contribution in [0, 0.1) is 0 Å². The SMILES string of the molecule is CCCCOc1ccc(C(=O)COc2cc(OCCCC)ccc2C(c2ccc(OCCCC)cc2)P(Br)(c2ccccc2)(c2ccccc2)c2ccccc2)cc1. The van der Waals surface area contributed by atoms with Crippen LogP contribution in [-0.4, -0.2) is 32.2 Å². The zero-order chi connectivity index (χ0) is 40.7. The van der Waals surface area contributed by atoms with Crippen molar-refractivity contribution < 1.29 is 23.7 Å². The van der Waals surface area contributed by atoms with Crippen molar-refractivity contribution in [1.29, 1.82) is 0 Å². The molecule has 0 amide bonds. The topological polar surface area (TPSA) is 54.0 Å². The molecule has 0 aliphatic rings. The summed E-state index contributed by atoms with van der Waals surface area (Å²) in [5.74, 6) is 2.74. The quantitative estimate of drug-likeness (QED) is 0.0387. The van der Waals surface area contributed by atoms with Crippen molar-refractivity contribution in [3.8, 4) is 23.0 Å². The molecule has 0 aromatic heterocycles. The number of hydrogen-bond donors (Lipinski definition) is 0. The third-order valence-corrected chi connectivity index (χ3v) is 21.0. The molecule has 0 spiro atoms. The summed E-state index contributed by atoms with van der Waals surface area (Å²) in [6.45, 7) is 8.19. The van der Waals surface area contributed by atoms with E-state index < -0.39 is 5.31 Å². The van der Waals surface area contributed by atoms with Crippen molar-refractivity contribution in [1.82, 2.24) is 0 Å². The van der Waals surface area contributed by atoms with E-state index in [9.17, 15) is 4.79 Å². The van der Waals surface area contributed by atoms with Crippen LogP contribution in [0.25, 0.3) is 0 Å². The van der Waals surface area contributed by atoms with Gasteiger partial charge in [-0.25, -0.2) is 0 Å². The van der Waals surface area contributed by atoms with E-state index in [1.807, 2.05) is 36.4 Å². The molecule has 0 heterocycles. The molecule has 6 rings (SSSR count). The number of ketones is 1. The van der Waals surface area contributed by atoms with Crippen LogP contribution >= 0.6 is 20.8 Å². The van der Waals surface area contributed by atoms with Crippen molar-refractivity contribution in [2.24, 2.45) is 0 Å². The van der Waals surface area contributed by atoms with E-state index in [0.29, 0.717) is 36.9 Å². The number of benzene rings is 6. The Labute approximate surface area is 353 Å². The van der Waals surface area contributed by atoms with E-state index in [-0.39, 0.29) is 18.0 Å². The third-order valence-electron chi connectivity index (χ3n) is 10.6. The van der Waals surface area contributed by atoms with Gasteiger partial charge in [-0.2, -0.15) is 0 Å². The summed E-state index contributed by atoms with van der Waals surface area (Å²) in [6, 6.07) is 54.4. The molecule has 0 N–H and O–H groups in total. The molecule has 58 heavy (non-hydrogen) atoms. The number of unbranched alkanes of at least 4 members (excludes halogenated alkanes) is 3. The van der Waals surface area contributed by atoms with Gasteiger partial charge in [0.25, 0.3) is 0 Å². The minimum absolute atomic E-state index is 0.126. The fraction of sp³-hybridized carbons (Fsp3) is 0.275. The molecule has 302 valence electrons. The van der Waals surface area contributed by atoms with Gasteiger partial charge in [0.1, 0.15) is 0 Å². The summed E-state index contributed by atoms with van der Waals surface area (Å²) in [7, 11) is 0. The Morgan fingerprint density at radius 3 is 1.38 bits per heavy atom. The first-order chi connectivity index (χ1) is 28.4. The average Bonchev–Trinajstić information content (AvgIpc) is 3.28. The van der Waals surface area contributed by atoms with Crippen molar-refractivity contribution >= 4 is 42.5 Å². The predicted molar refractivity (Wildman–Crippen MR) is 246 cm³/mol. The van der Waals surface area contributed by atoms with Crippen LogP contribution in [0.4, 0.5) is 0 Å². The zero-order valence-corrected chi connectivity index (χ0v) is 36.5. The number of halogens is 1. The van der Waals surface area contributed by atoms with Crippen molar-refractivity contribution in [3.63, 3.8) is 0 Å². The van der Waals surface area contributed by atoms with Crippen LogP contribution < -0.4 is 34.9 Å². The second-order valence-corrected chi connectivity index (χ2v) is 23.2. The van der Waals surface area contributed by atoms with Crippen molar-refractivity contribution in [2.45, 2.75) is 65.0 Å². The molecule has 1 atom stereocenters. The van der Waals surface area contributed by atoms with Crippen LogP contribution in [0.15, 0.2) is 158 Å². The first-order valence-corrected chi connectivity index (χ1v) is 25.0. The van der Waals surface area contributed by atoms with Gasteiger partial charge < -0.3 is 0 Å². The second-order valence-electron chi connectivity index (χ2n) is 14.6. The zero-order valence-electron chi connectivity index (χ0n) is 34.0. The molecule has 0 saturated heterocycles. The van der Waals surface area contributed by atoms with Crippen LogP contribution in [0.2, 0.25) is 0 Å². The maximum absolute atomic E-state index is 13.9. The van der Waals surface area contributed by atoms with Gasteiger partial charge in [-0.3, -0.25) is 0 Å². The van der Waals surface area contributed by atoms with Crippen molar-refractivity contribution in [2.75, 3.05) is 26.4 Å². The van der Waals surface area contributed by atoms with E-state index >= 15 is 0 Å². The fourth-order valence-corrected chi connectivity index (χ4v) is 16.5. The normalized spacial score (nSPS) is 12.5. The van der Waals surface area contributed by atoms with Gasteiger partial charge in [0.05, 0.1) is 0 Å². The molecule has 6 aromatic rings. The summed E-state index contributed by atoms with van der Waals surface area (Å²) >= 11 is 4.81. The standard InChI is InChI=1S/C51H56BrO5P/c1-4-7-35-54-42-29-25-40(26-30-42)49(53)39-57-50-38-44(56-37-9-6-3)33-34-48(50)51(41-27-31-43(32-28-41)55-36-8-5-2)58(52,45-19-13-10-14-20-45,46-21-15-11-16-22-46)47-23-17-12-18-24-47/h10-34,38,51H,4-9,35-37,39H2,1-3H3. The number of ether oxygens (including phenoxy) is 4. The number of rotatable bonds is 22. The molecule has 6 aromatic carbocycles. The average molecular weight is 860 g/mol. The molecular weight excluding hydrogens is 803 g/mol. The van der Waals surface area contributed by atoms with Gasteiger partial charge in [0, 0.05) is 0 Å². The first kappa shape index (κ1) is 42.7. The van der Waals surface area contributed by atoms with Crippen LogP contribution in [0.1, 0.15) is 86.4 Å². The monoisotopic (exact) mass is 858 g/mol. The van der Waals surface area contributed by atoms with Gasteiger partial charge in [-0.15, -0.1) is 0 Å². The summed E-state index contributed by atoms with van der Waals surface area (Å²) in [6.07, 6.45) is 6.03. The van der Waals surface area contributed by atoms with E-state index in [0.717, 1.165) is 77.1 Å². The Kier molecular flexibility index (Phi) is 15.2. The van der Waals surface area contributed by atoms with Gasteiger partial charge >= 0.3 is 335 Å². The number of carbonyl (C=O) groups excluding carboxylic acids is 1. The van der Waals surface area contributed by atoms with Gasteiger partial charge in [-0.05, 0) is 6.42 Å². The molecule has 0 aliphatic carbocycles. The molecule has 5 nitrogen and oxygen atoms in total. The molecule has 0 radical (unpaired) electrons. The van der Waals surface area contributed by atoms with E-state index in [4.69, 9.17) is 34.4 Å². The number of carbonyl (C=O) groups is 1. The van der Waals surface area contributed by atoms with Gasteiger partial charge in [0.2, 0.25) is 0 Å². The third kappa shape index (κ3) is 9.52. The Hall–Kier alpha value is -4.90. The van der Waals surface area contributed by atoms with E-state index in [1.165, 1.54) is 0 Å². The molecule has 0 aliphatic heterocycles. The van der Waals surface area contributed by atoms with Gasteiger partial charge in [0.15, 0.2) is 0 Å². The second kappa shape index (κ2) is 20.7. The van der Waals surface area contributed by atoms with Crippen LogP contribution in [-0.2, 0) is 0 Å². The number of Topliss-reactive ketones (excluding diaryl/α,β-unsaturated/α-hetero) is 1. The molecule has 7 heteroatoms. The Morgan fingerprint density at radius 1 is 0.517 bits per heavy atom. The van der Waals surface area contributed by atoms with Crippen LogP contribution in [0.5, 0.6) is 23.0 Å². The summed E-state index contributed by atoms with van der Waals surface area (Å²) in [4.78, 5) is 13.9. The van der Waals surface area contributed by atoms with E-state index in [2.05, 4.69) is 142 Å². The first-order valence-electron chi connectivity index (χ1n) is 20.7. The Morgan fingerprint density at radius 2 is 0.931 bits per heavy atom. The summed E-state index contributed by atoms with van der Waals surface area (Å²) in [5, 5.41) is -0.326. The molecular formula is C51H56BrO5P. The van der Waals surface area contributed by atoms with E-state index in [1.54, 1.807) is 0 Å². The minimum atomic E-state index is -3.80. The summed E-state index contributed by atoms with van der Waals surface area (Å²) < 4.78 is 25.1. The molecule has 1 unspecified atom stereocenters. The van der Waals surface area contributed by atoms with Crippen molar-refractivity contribution in [3.05, 3.63) is 174 Å². The maximum atomic E-state index is 13.9. The van der Waals surface area contributed by atoms with Gasteiger partial charge in [-0.1, -0.05) is 13.3 Å². The van der Waals surface area contributed by atoms with Crippen LogP contribution in [0.3, 0.4) is 0 Å².